The molecule has 2 radical (unpaired) electrons. The molecular weight excluding hydrogens is 445 g/mol. The molecule has 0 unspecified atom stereocenters. The van der Waals surface area contributed by atoms with Crippen LogP contribution in [0.5, 0.6) is 11.5 Å². The standard InChI is InChI=1S/C27H26BNO4S/c28-20-7-3-19(4-8-20)27-25(23-12-9-21(30)17-24(23)34-27)26(31)18-5-10-22(11-6-18)33-16-15-32-14-2-1-13-29/h3-12,17,30H,1-2,13-16,29H2. The SMILES string of the molecule is [B]c1ccc(-c2sc3cc(O)ccc3c2C(=O)c2ccc(OCCOCCCCN)cc2)cc1. The largest absolute Gasteiger partial charge is 0.508 e. The van der Waals surface area contributed by atoms with Crippen LogP contribution in [0.4, 0.5) is 0 Å². The first-order valence-electron chi connectivity index (χ1n) is 11.2. The van der Waals surface area contributed by atoms with Crippen LogP contribution in [0.15, 0.2) is 66.7 Å². The number of carbonyl (C=O) groups is 1. The number of ketones is 1. The zero-order valence-corrected chi connectivity index (χ0v) is 19.6. The molecule has 0 aliphatic heterocycles. The van der Waals surface area contributed by atoms with Gasteiger partial charge in [0.25, 0.3) is 0 Å². The first-order chi connectivity index (χ1) is 16.6. The molecule has 4 aromatic rings. The first kappa shape index (κ1) is 24.0. The summed E-state index contributed by atoms with van der Waals surface area (Å²) in [7, 11) is 5.85. The molecule has 0 aliphatic carbocycles. The lowest BCUT2D eigenvalue weighted by molar-refractivity contribution is 0.0976. The van der Waals surface area contributed by atoms with Crippen molar-refractivity contribution in [3.8, 4) is 21.9 Å². The van der Waals surface area contributed by atoms with E-state index in [1.165, 1.54) is 11.3 Å². The Kier molecular flexibility index (Phi) is 8.01. The van der Waals surface area contributed by atoms with Crippen LogP contribution in [0.1, 0.15) is 28.8 Å². The number of benzene rings is 3. The van der Waals surface area contributed by atoms with Crippen LogP contribution in [0, 0.1) is 0 Å². The molecule has 0 bridgehead atoms. The van der Waals surface area contributed by atoms with Crippen LogP contribution in [0.3, 0.4) is 0 Å². The van der Waals surface area contributed by atoms with Crippen LogP contribution in [-0.4, -0.2) is 45.1 Å². The summed E-state index contributed by atoms with van der Waals surface area (Å²) in [5.41, 5.74) is 8.21. The predicted molar refractivity (Wildman–Crippen MR) is 139 cm³/mol. The van der Waals surface area contributed by atoms with Gasteiger partial charge in [-0.15, -0.1) is 11.3 Å². The normalized spacial score (nSPS) is 11.1. The van der Waals surface area contributed by atoms with E-state index in [1.807, 2.05) is 24.3 Å². The molecule has 0 saturated carbocycles. The van der Waals surface area contributed by atoms with Crippen LogP contribution in [0.25, 0.3) is 20.5 Å². The van der Waals surface area contributed by atoms with E-state index in [1.54, 1.807) is 42.5 Å². The number of aromatic hydroxyl groups is 1. The van der Waals surface area contributed by atoms with E-state index in [0.29, 0.717) is 48.7 Å². The zero-order chi connectivity index (χ0) is 23.9. The maximum Gasteiger partial charge on any atom is 0.195 e. The highest BCUT2D eigenvalue weighted by Gasteiger charge is 2.22. The second-order valence-corrected chi connectivity index (χ2v) is 8.97. The van der Waals surface area contributed by atoms with Gasteiger partial charge in [-0.3, -0.25) is 4.79 Å². The molecule has 0 amide bonds. The number of rotatable bonds is 11. The minimum Gasteiger partial charge on any atom is -0.508 e. The minimum absolute atomic E-state index is 0.0847. The van der Waals surface area contributed by atoms with E-state index in [2.05, 4.69) is 0 Å². The molecule has 0 spiro atoms. The van der Waals surface area contributed by atoms with Gasteiger partial charge in [0.05, 0.1) is 6.61 Å². The van der Waals surface area contributed by atoms with Gasteiger partial charge in [-0.1, -0.05) is 29.7 Å². The fourth-order valence-electron chi connectivity index (χ4n) is 3.66. The molecule has 3 N–H and O–H groups in total. The lowest BCUT2D eigenvalue weighted by atomic mass is 9.93. The maximum absolute atomic E-state index is 13.6. The number of nitrogens with two attached hydrogens (primary N) is 1. The number of hydrogen-bond donors (Lipinski definition) is 2. The average molecular weight is 471 g/mol. The van der Waals surface area contributed by atoms with Crippen LogP contribution < -0.4 is 15.9 Å². The molecular formula is C27H26BNO4S. The Morgan fingerprint density at radius 1 is 0.941 bits per heavy atom. The van der Waals surface area contributed by atoms with Gasteiger partial charge in [0.15, 0.2) is 5.78 Å². The Bertz CT molecular complexity index is 1250. The van der Waals surface area contributed by atoms with Crippen molar-refractivity contribution in [2.45, 2.75) is 12.8 Å². The molecule has 7 heteroatoms. The highest BCUT2D eigenvalue weighted by atomic mass is 32.1. The van der Waals surface area contributed by atoms with Gasteiger partial charge in [-0.2, -0.15) is 0 Å². The number of hydrogen-bond acceptors (Lipinski definition) is 6. The van der Waals surface area contributed by atoms with Crippen molar-refractivity contribution >= 4 is 40.5 Å². The summed E-state index contributed by atoms with van der Waals surface area (Å²) in [6, 6.07) is 19.7. The number of thiophene rings is 1. The molecule has 1 aromatic heterocycles. The van der Waals surface area contributed by atoms with Gasteiger partial charge in [0.1, 0.15) is 26.0 Å². The number of carbonyl (C=O) groups excluding carboxylic acids is 1. The molecule has 0 atom stereocenters. The van der Waals surface area contributed by atoms with E-state index in [9.17, 15) is 9.90 Å². The number of unbranched alkanes of at least 4 members (excludes halogenated alkanes) is 1. The Morgan fingerprint density at radius 3 is 2.44 bits per heavy atom. The van der Waals surface area contributed by atoms with Crippen molar-refractivity contribution in [2.75, 3.05) is 26.4 Å². The van der Waals surface area contributed by atoms with Crippen molar-refractivity contribution in [1.29, 1.82) is 0 Å². The van der Waals surface area contributed by atoms with E-state index in [0.717, 1.165) is 33.4 Å². The average Bonchev–Trinajstić information content (AvgIpc) is 3.22. The molecule has 1 heterocycles. The van der Waals surface area contributed by atoms with Gasteiger partial charge in [0, 0.05) is 32.7 Å². The number of phenols is 1. The van der Waals surface area contributed by atoms with E-state index in [-0.39, 0.29) is 11.5 Å². The Balaban J connectivity index is 1.53. The van der Waals surface area contributed by atoms with Gasteiger partial charge in [0.2, 0.25) is 0 Å². The lowest BCUT2D eigenvalue weighted by Gasteiger charge is -2.09. The summed E-state index contributed by atoms with van der Waals surface area (Å²) in [6.07, 6.45) is 1.90. The Hall–Kier alpha value is -3.13. The summed E-state index contributed by atoms with van der Waals surface area (Å²) >= 11 is 1.48. The lowest BCUT2D eigenvalue weighted by Crippen LogP contribution is -2.09. The Morgan fingerprint density at radius 2 is 1.71 bits per heavy atom. The topological polar surface area (TPSA) is 81.8 Å². The smallest absolute Gasteiger partial charge is 0.195 e. The molecule has 4 rings (SSSR count). The van der Waals surface area contributed by atoms with Crippen molar-refractivity contribution in [2.24, 2.45) is 5.73 Å². The van der Waals surface area contributed by atoms with Gasteiger partial charge < -0.3 is 20.3 Å². The molecule has 5 nitrogen and oxygen atoms in total. The van der Waals surface area contributed by atoms with E-state index < -0.39 is 0 Å². The van der Waals surface area contributed by atoms with Gasteiger partial charge in [-0.25, -0.2) is 0 Å². The summed E-state index contributed by atoms with van der Waals surface area (Å²) in [4.78, 5) is 14.5. The number of fused-ring (bicyclic) bond motifs is 1. The van der Waals surface area contributed by atoms with Crippen molar-refractivity contribution in [3.63, 3.8) is 0 Å². The van der Waals surface area contributed by atoms with Crippen molar-refractivity contribution < 1.29 is 19.4 Å². The molecule has 172 valence electrons. The van der Waals surface area contributed by atoms with Crippen LogP contribution in [-0.2, 0) is 4.74 Å². The second kappa shape index (κ2) is 11.3. The predicted octanol–water partition coefficient (Wildman–Crippen LogP) is 4.43. The quantitative estimate of drug-likeness (QED) is 0.192. The molecule has 0 fully saturated rings. The first-order valence-corrected chi connectivity index (χ1v) is 12.1. The van der Waals surface area contributed by atoms with Crippen molar-refractivity contribution in [1.82, 2.24) is 0 Å². The highest BCUT2D eigenvalue weighted by molar-refractivity contribution is 7.22. The van der Waals surface area contributed by atoms with Crippen LogP contribution in [0.2, 0.25) is 0 Å². The van der Waals surface area contributed by atoms with Gasteiger partial charge >= 0.3 is 0 Å². The van der Waals surface area contributed by atoms with Crippen LogP contribution >= 0.6 is 11.3 Å². The summed E-state index contributed by atoms with van der Waals surface area (Å²) in [5.74, 6) is 0.765. The van der Waals surface area contributed by atoms with Crippen molar-refractivity contribution in [3.05, 3.63) is 77.9 Å². The fourth-order valence-corrected chi connectivity index (χ4v) is 4.90. The monoisotopic (exact) mass is 471 g/mol. The maximum atomic E-state index is 13.6. The third-order valence-corrected chi connectivity index (χ3v) is 6.63. The highest BCUT2D eigenvalue weighted by Crippen LogP contribution is 2.41. The number of ether oxygens (including phenoxy) is 2. The summed E-state index contributed by atoms with van der Waals surface area (Å²) < 4.78 is 12.1. The van der Waals surface area contributed by atoms with E-state index in [4.69, 9.17) is 23.1 Å². The van der Waals surface area contributed by atoms with E-state index >= 15 is 0 Å². The summed E-state index contributed by atoms with van der Waals surface area (Å²) in [6.45, 7) is 2.30. The second-order valence-electron chi connectivity index (χ2n) is 7.92. The Labute approximate surface area is 204 Å². The third kappa shape index (κ3) is 5.68. The third-order valence-electron chi connectivity index (χ3n) is 5.43. The summed E-state index contributed by atoms with van der Waals surface area (Å²) in [5, 5.41) is 10.8. The molecule has 3 aromatic carbocycles. The molecule has 34 heavy (non-hydrogen) atoms. The van der Waals surface area contributed by atoms with Gasteiger partial charge in [-0.05, 0) is 67.4 Å². The molecule has 0 aliphatic rings. The zero-order valence-electron chi connectivity index (χ0n) is 18.8. The minimum atomic E-state index is -0.0847. The fraction of sp³-hybridized carbons (Fsp3) is 0.222. The molecule has 0 saturated heterocycles. The number of phenolic OH excluding ortho intramolecular Hbond substituents is 1.